The van der Waals surface area contributed by atoms with E-state index >= 15 is 0 Å². The molecule has 0 radical (unpaired) electrons. The molecule has 0 aliphatic heterocycles. The Labute approximate surface area is 201 Å². The Morgan fingerprint density at radius 3 is 2.03 bits per heavy atom. The Hall–Kier alpha value is -0.966. The van der Waals surface area contributed by atoms with Gasteiger partial charge in [-0.25, -0.2) is 4.79 Å². The molecule has 8 heteroatoms. The van der Waals surface area contributed by atoms with Crippen molar-refractivity contribution in [2.75, 3.05) is 0 Å². The second kappa shape index (κ2) is 8.61. The molecule has 4 atom stereocenters. The Bertz CT molecular complexity index is 970. The molecule has 188 valence electrons. The first-order chi connectivity index (χ1) is 14.9. The summed E-state index contributed by atoms with van der Waals surface area (Å²) in [5.41, 5.74) is -0.765. The van der Waals surface area contributed by atoms with Crippen LogP contribution in [0.15, 0.2) is 21.9 Å². The summed E-state index contributed by atoms with van der Waals surface area (Å²) in [4.78, 5) is 26.8. The minimum absolute atomic E-state index is 0.00716. The van der Waals surface area contributed by atoms with Crippen molar-refractivity contribution in [3.63, 3.8) is 0 Å². The van der Waals surface area contributed by atoms with Crippen LogP contribution in [0.4, 0.5) is 0 Å². The standard InChI is InChI=1S/C25H46N2O4Si2/c1-23(2,3)32(7,8)30-19-12-11-14-25(19)17-18(27-15-13-21(28)26-22(27)29)16-20(25)31-33(9,10)24(4,5)6/h13,15,18-20H,11-12,14,16-17H2,1-10H3,(H,26,28,29)/t18-,19+,20-,25-/m0/s1. The zero-order valence-electron chi connectivity index (χ0n) is 22.5. The molecule has 1 heterocycles. The fraction of sp³-hybridized carbons (Fsp3) is 0.840. The molecule has 2 aliphatic carbocycles. The average Bonchev–Trinajstić information content (AvgIpc) is 3.17. The molecule has 1 aromatic rings. The topological polar surface area (TPSA) is 73.3 Å². The van der Waals surface area contributed by atoms with Crippen molar-refractivity contribution in [3.05, 3.63) is 33.1 Å². The van der Waals surface area contributed by atoms with Gasteiger partial charge in [0, 0.05) is 23.7 Å². The lowest BCUT2D eigenvalue weighted by molar-refractivity contribution is -0.0175. The highest BCUT2D eigenvalue weighted by atomic mass is 28.4. The van der Waals surface area contributed by atoms with Gasteiger partial charge in [0.1, 0.15) is 0 Å². The molecular weight excluding hydrogens is 448 g/mol. The van der Waals surface area contributed by atoms with Gasteiger partial charge in [-0.3, -0.25) is 14.3 Å². The van der Waals surface area contributed by atoms with Crippen LogP contribution in [0.1, 0.15) is 79.7 Å². The smallest absolute Gasteiger partial charge is 0.328 e. The molecule has 2 saturated carbocycles. The van der Waals surface area contributed by atoms with Crippen LogP contribution >= 0.6 is 0 Å². The molecule has 1 aromatic heterocycles. The van der Waals surface area contributed by atoms with Gasteiger partial charge >= 0.3 is 5.69 Å². The van der Waals surface area contributed by atoms with Gasteiger partial charge in [-0.2, -0.15) is 0 Å². The van der Waals surface area contributed by atoms with Gasteiger partial charge in [-0.05, 0) is 61.9 Å². The second-order valence-electron chi connectivity index (χ2n) is 13.5. The Morgan fingerprint density at radius 1 is 0.970 bits per heavy atom. The highest BCUT2D eigenvalue weighted by Crippen LogP contribution is 2.59. The first-order valence-electron chi connectivity index (χ1n) is 12.6. The fourth-order valence-electron chi connectivity index (χ4n) is 5.14. The van der Waals surface area contributed by atoms with E-state index in [0.29, 0.717) is 0 Å². The number of nitrogens with one attached hydrogen (secondary N) is 1. The maximum atomic E-state index is 12.7. The molecule has 2 fully saturated rings. The van der Waals surface area contributed by atoms with E-state index in [1.165, 1.54) is 6.07 Å². The van der Waals surface area contributed by atoms with Crippen LogP contribution in [-0.2, 0) is 8.85 Å². The lowest BCUT2D eigenvalue weighted by Gasteiger charge is -2.47. The predicted molar refractivity (Wildman–Crippen MR) is 140 cm³/mol. The van der Waals surface area contributed by atoms with Gasteiger partial charge in [0.25, 0.3) is 5.56 Å². The molecule has 0 bridgehead atoms. The molecule has 1 N–H and O–H groups in total. The normalized spacial score (nSPS) is 29.2. The summed E-state index contributed by atoms with van der Waals surface area (Å²) in [7, 11) is -4.00. The van der Waals surface area contributed by atoms with E-state index in [1.807, 2.05) is 0 Å². The van der Waals surface area contributed by atoms with Crippen molar-refractivity contribution >= 4 is 16.6 Å². The van der Waals surface area contributed by atoms with Gasteiger partial charge in [0.05, 0.1) is 12.2 Å². The molecular formula is C25H46N2O4Si2. The highest BCUT2D eigenvalue weighted by molar-refractivity contribution is 6.74. The van der Waals surface area contributed by atoms with E-state index in [4.69, 9.17) is 8.85 Å². The van der Waals surface area contributed by atoms with Crippen molar-refractivity contribution in [2.24, 2.45) is 5.41 Å². The van der Waals surface area contributed by atoms with Crippen molar-refractivity contribution in [3.8, 4) is 0 Å². The summed E-state index contributed by atoms with van der Waals surface area (Å²) in [5, 5.41) is 0.246. The Morgan fingerprint density at radius 2 is 1.52 bits per heavy atom. The lowest BCUT2D eigenvalue weighted by Crippen LogP contribution is -2.53. The second-order valence-corrected chi connectivity index (χ2v) is 23.0. The summed E-state index contributed by atoms with van der Waals surface area (Å²) in [6.07, 6.45) is 6.76. The Kier molecular flexibility index (Phi) is 6.95. The van der Waals surface area contributed by atoms with Crippen LogP contribution in [-0.4, -0.2) is 38.4 Å². The third-order valence-corrected chi connectivity index (χ3v) is 18.2. The van der Waals surface area contributed by atoms with Crippen LogP contribution in [0.2, 0.25) is 36.3 Å². The van der Waals surface area contributed by atoms with E-state index in [0.717, 1.165) is 32.1 Å². The zero-order chi connectivity index (χ0) is 25.0. The third kappa shape index (κ3) is 5.04. The highest BCUT2D eigenvalue weighted by Gasteiger charge is 2.59. The van der Waals surface area contributed by atoms with E-state index in [2.05, 4.69) is 72.7 Å². The number of aromatic amines is 1. The van der Waals surface area contributed by atoms with Crippen LogP contribution in [0.3, 0.4) is 0 Å². The van der Waals surface area contributed by atoms with Crippen molar-refractivity contribution in [1.29, 1.82) is 0 Å². The van der Waals surface area contributed by atoms with E-state index < -0.39 is 16.6 Å². The zero-order valence-corrected chi connectivity index (χ0v) is 24.5. The van der Waals surface area contributed by atoms with Crippen LogP contribution in [0, 0.1) is 5.41 Å². The van der Waals surface area contributed by atoms with Gasteiger partial charge in [-0.15, -0.1) is 0 Å². The largest absolute Gasteiger partial charge is 0.413 e. The summed E-state index contributed by atoms with van der Waals surface area (Å²) >= 11 is 0. The first-order valence-corrected chi connectivity index (χ1v) is 18.4. The van der Waals surface area contributed by atoms with Crippen molar-refractivity contribution in [2.45, 2.75) is 128 Å². The minimum Gasteiger partial charge on any atom is -0.413 e. The molecule has 1 spiro atoms. The number of H-pyrrole nitrogens is 1. The van der Waals surface area contributed by atoms with E-state index in [-0.39, 0.29) is 45.0 Å². The first kappa shape index (κ1) is 26.6. The molecule has 0 unspecified atom stereocenters. The summed E-state index contributed by atoms with van der Waals surface area (Å²) in [5.74, 6) is 0. The molecule has 0 aromatic carbocycles. The Balaban J connectivity index is 2.02. The van der Waals surface area contributed by atoms with Crippen LogP contribution < -0.4 is 11.2 Å². The van der Waals surface area contributed by atoms with Gasteiger partial charge in [0.15, 0.2) is 16.6 Å². The van der Waals surface area contributed by atoms with Crippen LogP contribution in [0.5, 0.6) is 0 Å². The van der Waals surface area contributed by atoms with Gasteiger partial charge in [-0.1, -0.05) is 48.0 Å². The quantitative estimate of drug-likeness (QED) is 0.523. The number of hydrogen-bond acceptors (Lipinski definition) is 4. The van der Waals surface area contributed by atoms with Crippen molar-refractivity contribution in [1.82, 2.24) is 9.55 Å². The molecule has 6 nitrogen and oxygen atoms in total. The monoisotopic (exact) mass is 494 g/mol. The number of nitrogens with zero attached hydrogens (tertiary/aromatic N) is 1. The average molecular weight is 495 g/mol. The lowest BCUT2D eigenvalue weighted by atomic mass is 9.80. The summed E-state index contributed by atoms with van der Waals surface area (Å²) < 4.78 is 15.9. The van der Waals surface area contributed by atoms with E-state index in [1.54, 1.807) is 10.8 Å². The SMILES string of the molecule is CC(C)(C)[Si](C)(C)O[C@H]1C[C@H](n2ccc(=O)[nH]c2=O)C[C@]12CCC[C@H]2O[Si](C)(C)C(C)(C)C. The third-order valence-electron chi connectivity index (χ3n) is 9.22. The number of hydrogen-bond donors (Lipinski definition) is 1. The van der Waals surface area contributed by atoms with Crippen molar-refractivity contribution < 1.29 is 8.85 Å². The van der Waals surface area contributed by atoms with E-state index in [9.17, 15) is 9.59 Å². The maximum absolute atomic E-state index is 12.7. The fourth-order valence-corrected chi connectivity index (χ4v) is 7.95. The summed E-state index contributed by atoms with van der Waals surface area (Å²) in [6, 6.07) is 1.46. The number of rotatable bonds is 5. The van der Waals surface area contributed by atoms with Gasteiger partial charge in [0.2, 0.25) is 0 Å². The minimum atomic E-state index is -2.03. The maximum Gasteiger partial charge on any atom is 0.328 e. The predicted octanol–water partition coefficient (Wildman–Crippen LogP) is 5.82. The molecule has 3 rings (SSSR count). The van der Waals surface area contributed by atoms with Crippen LogP contribution in [0.25, 0.3) is 0 Å². The van der Waals surface area contributed by atoms with Gasteiger partial charge < -0.3 is 8.85 Å². The molecule has 33 heavy (non-hydrogen) atoms. The molecule has 2 aliphatic rings. The summed E-state index contributed by atoms with van der Waals surface area (Å²) in [6.45, 7) is 23.0. The number of aromatic nitrogens is 2. The molecule has 0 amide bonds. The molecule has 0 saturated heterocycles.